The van der Waals surface area contributed by atoms with Gasteiger partial charge >= 0.3 is 0 Å². The Morgan fingerprint density at radius 1 is 0.211 bits per heavy atom. The normalized spacial score (nSPS) is 11.9. The summed E-state index contributed by atoms with van der Waals surface area (Å²) in [6.45, 7) is 0. The first-order valence-corrected chi connectivity index (χ1v) is 19.6. The van der Waals surface area contributed by atoms with E-state index in [1.807, 2.05) is 0 Å². The number of aromatic nitrogens is 3. The van der Waals surface area contributed by atoms with Gasteiger partial charge in [0, 0.05) is 49.4 Å². The second kappa shape index (κ2) is 12.5. The summed E-state index contributed by atoms with van der Waals surface area (Å²) in [7, 11) is 0. The molecule has 0 bridgehead atoms. The topological polar surface area (TPSA) is 14.8 Å². The van der Waals surface area contributed by atoms with Gasteiger partial charge in [-0.25, -0.2) is 0 Å². The highest BCUT2D eigenvalue weighted by molar-refractivity contribution is 6.29. The van der Waals surface area contributed by atoms with Crippen LogP contribution in [0.25, 0.3) is 105 Å². The van der Waals surface area contributed by atoms with Crippen molar-refractivity contribution in [3.63, 3.8) is 0 Å². The lowest BCUT2D eigenvalue weighted by molar-refractivity contribution is 1.16. The number of hydrogen-bond donors (Lipinski definition) is 0. The maximum absolute atomic E-state index is 2.45. The molecule has 0 amide bonds. The van der Waals surface area contributed by atoms with Crippen molar-refractivity contribution >= 4 is 65.4 Å². The molecule has 0 atom stereocenters. The van der Waals surface area contributed by atoms with Gasteiger partial charge in [0.1, 0.15) is 0 Å². The fraction of sp³-hybridized carbons (Fsp3) is 0. The van der Waals surface area contributed by atoms with Crippen LogP contribution in [0, 0.1) is 0 Å². The summed E-state index contributed by atoms with van der Waals surface area (Å²) in [6, 6.07) is 77.4. The van der Waals surface area contributed by atoms with E-state index in [9.17, 15) is 0 Å². The average Bonchev–Trinajstić information content (AvgIpc) is 3.92. The molecular formula is C54H35N3. The summed E-state index contributed by atoms with van der Waals surface area (Å²) in [4.78, 5) is 0. The first kappa shape index (κ1) is 31.7. The summed E-state index contributed by atoms with van der Waals surface area (Å²) in [5, 5.41) is 7.51. The second-order valence-electron chi connectivity index (χ2n) is 14.9. The van der Waals surface area contributed by atoms with Crippen molar-refractivity contribution in [1.82, 2.24) is 13.7 Å². The number of benzene rings is 9. The first-order valence-electron chi connectivity index (χ1n) is 19.6. The van der Waals surface area contributed by atoms with Crippen molar-refractivity contribution in [3.05, 3.63) is 212 Å². The minimum absolute atomic E-state index is 1.14. The third kappa shape index (κ3) is 4.79. The van der Waals surface area contributed by atoms with E-state index in [2.05, 4.69) is 226 Å². The molecule has 0 saturated carbocycles. The molecule has 3 nitrogen and oxygen atoms in total. The molecule has 0 fully saturated rings. The molecule has 266 valence electrons. The predicted molar refractivity (Wildman–Crippen MR) is 240 cm³/mol. The molecule has 0 aliphatic rings. The van der Waals surface area contributed by atoms with E-state index in [1.54, 1.807) is 0 Å². The van der Waals surface area contributed by atoms with Crippen LogP contribution in [0.4, 0.5) is 0 Å². The van der Waals surface area contributed by atoms with E-state index >= 15 is 0 Å². The standard InChI is InChI=1S/C54H35N3/c1-3-13-36(14-4-1)38-23-27-40(28-24-38)55-49-22-12-9-19-45(49)53-51(55)33-34-52-54(53)46-35-42(57-47-20-10-7-17-43(47)44-18-8-11-21-48(44)57)31-32-50(46)56(52)41-29-25-39(26-30-41)37-15-5-2-6-16-37/h1-35H. The Hall–Kier alpha value is -7.62. The Morgan fingerprint density at radius 2 is 0.544 bits per heavy atom. The van der Waals surface area contributed by atoms with Crippen LogP contribution in [-0.4, -0.2) is 13.7 Å². The molecule has 0 unspecified atom stereocenters. The Bertz CT molecular complexity index is 3420. The van der Waals surface area contributed by atoms with E-state index in [-0.39, 0.29) is 0 Å². The van der Waals surface area contributed by atoms with Gasteiger partial charge in [-0.3, -0.25) is 0 Å². The van der Waals surface area contributed by atoms with E-state index in [0.717, 1.165) is 17.1 Å². The van der Waals surface area contributed by atoms with Crippen LogP contribution in [0.2, 0.25) is 0 Å². The summed E-state index contributed by atoms with van der Waals surface area (Å²) >= 11 is 0. The van der Waals surface area contributed by atoms with Crippen molar-refractivity contribution in [3.8, 4) is 39.3 Å². The van der Waals surface area contributed by atoms with Crippen molar-refractivity contribution in [1.29, 1.82) is 0 Å². The third-order valence-electron chi connectivity index (χ3n) is 11.9. The van der Waals surface area contributed by atoms with Crippen molar-refractivity contribution in [2.24, 2.45) is 0 Å². The summed E-state index contributed by atoms with van der Waals surface area (Å²) in [5.41, 5.74) is 15.4. The smallest absolute Gasteiger partial charge is 0.0548 e. The Balaban J connectivity index is 1.16. The lowest BCUT2D eigenvalue weighted by Gasteiger charge is -2.11. The number of rotatable bonds is 5. The van der Waals surface area contributed by atoms with Crippen LogP contribution >= 0.6 is 0 Å². The van der Waals surface area contributed by atoms with Crippen molar-refractivity contribution in [2.75, 3.05) is 0 Å². The maximum Gasteiger partial charge on any atom is 0.0548 e. The molecule has 0 aliphatic heterocycles. The zero-order valence-electron chi connectivity index (χ0n) is 31.0. The zero-order valence-corrected chi connectivity index (χ0v) is 31.0. The van der Waals surface area contributed by atoms with E-state index in [1.165, 1.54) is 87.7 Å². The van der Waals surface area contributed by atoms with Gasteiger partial charge in [0.25, 0.3) is 0 Å². The minimum Gasteiger partial charge on any atom is -0.309 e. The largest absolute Gasteiger partial charge is 0.309 e. The molecule has 3 heteroatoms. The molecule has 9 aromatic carbocycles. The van der Waals surface area contributed by atoms with E-state index < -0.39 is 0 Å². The van der Waals surface area contributed by atoms with Gasteiger partial charge in [-0.1, -0.05) is 140 Å². The Morgan fingerprint density at radius 3 is 1.05 bits per heavy atom. The maximum atomic E-state index is 2.45. The first-order chi connectivity index (χ1) is 28.3. The van der Waals surface area contributed by atoms with Gasteiger partial charge in [-0.05, 0) is 95.1 Å². The second-order valence-corrected chi connectivity index (χ2v) is 14.9. The SMILES string of the molecule is c1ccc(-c2ccc(-n3c4ccccc4c4c5c6cc(-n7c8ccccc8c8ccccc87)ccc6n(-c6ccc(-c7ccccc7)cc6)c5ccc43)cc2)cc1. The zero-order chi connectivity index (χ0) is 37.5. The van der Waals surface area contributed by atoms with Gasteiger partial charge in [-0.15, -0.1) is 0 Å². The molecule has 0 spiro atoms. The molecule has 0 N–H and O–H groups in total. The van der Waals surface area contributed by atoms with Crippen molar-refractivity contribution in [2.45, 2.75) is 0 Å². The van der Waals surface area contributed by atoms with Gasteiger partial charge in [0.2, 0.25) is 0 Å². The fourth-order valence-electron chi connectivity index (χ4n) is 9.32. The molecule has 3 heterocycles. The Labute approximate surface area is 329 Å². The molecule has 3 aromatic heterocycles. The van der Waals surface area contributed by atoms with Crippen LogP contribution in [0.15, 0.2) is 212 Å². The van der Waals surface area contributed by atoms with Crippen LogP contribution in [0.1, 0.15) is 0 Å². The molecule has 0 aliphatic carbocycles. The predicted octanol–water partition coefficient (Wildman–Crippen LogP) is 14.3. The van der Waals surface area contributed by atoms with Crippen LogP contribution in [0.3, 0.4) is 0 Å². The Kier molecular flexibility index (Phi) is 6.93. The van der Waals surface area contributed by atoms with Gasteiger partial charge in [-0.2, -0.15) is 0 Å². The third-order valence-corrected chi connectivity index (χ3v) is 11.9. The average molecular weight is 726 g/mol. The quantitative estimate of drug-likeness (QED) is 0.168. The highest BCUT2D eigenvalue weighted by atomic mass is 15.0. The van der Waals surface area contributed by atoms with Gasteiger partial charge < -0.3 is 13.7 Å². The molecule has 0 saturated heterocycles. The summed E-state index contributed by atoms with van der Waals surface area (Å²) < 4.78 is 7.32. The number of nitrogens with zero attached hydrogens (tertiary/aromatic N) is 3. The van der Waals surface area contributed by atoms with Crippen molar-refractivity contribution < 1.29 is 0 Å². The van der Waals surface area contributed by atoms with E-state index in [0.29, 0.717) is 0 Å². The van der Waals surface area contributed by atoms with Gasteiger partial charge in [0.05, 0.1) is 33.1 Å². The van der Waals surface area contributed by atoms with E-state index in [4.69, 9.17) is 0 Å². The molecule has 57 heavy (non-hydrogen) atoms. The van der Waals surface area contributed by atoms with Crippen LogP contribution < -0.4 is 0 Å². The monoisotopic (exact) mass is 725 g/mol. The fourth-order valence-corrected chi connectivity index (χ4v) is 9.32. The molecule has 12 aromatic rings. The molecule has 0 radical (unpaired) electrons. The van der Waals surface area contributed by atoms with Crippen LogP contribution in [-0.2, 0) is 0 Å². The van der Waals surface area contributed by atoms with Crippen LogP contribution in [0.5, 0.6) is 0 Å². The highest BCUT2D eigenvalue weighted by Crippen LogP contribution is 2.44. The summed E-state index contributed by atoms with van der Waals surface area (Å²) in [6.07, 6.45) is 0. The molecule has 12 rings (SSSR count). The summed E-state index contributed by atoms with van der Waals surface area (Å²) in [5.74, 6) is 0. The van der Waals surface area contributed by atoms with Gasteiger partial charge in [0.15, 0.2) is 0 Å². The number of hydrogen-bond acceptors (Lipinski definition) is 0. The number of fused-ring (bicyclic) bond motifs is 10. The highest BCUT2D eigenvalue weighted by Gasteiger charge is 2.22. The lowest BCUT2D eigenvalue weighted by atomic mass is 10.0. The number of para-hydroxylation sites is 3. The lowest BCUT2D eigenvalue weighted by Crippen LogP contribution is -1.96. The molecular weight excluding hydrogens is 691 g/mol. The minimum atomic E-state index is 1.14.